The Morgan fingerprint density at radius 1 is 1.47 bits per heavy atom. The molecule has 3 nitrogen and oxygen atoms in total. The largest absolute Gasteiger partial charge is 0.460 e. The third-order valence-corrected chi connectivity index (χ3v) is 3.84. The fourth-order valence-corrected chi connectivity index (χ4v) is 3.00. The van der Waals surface area contributed by atoms with Gasteiger partial charge in [0.1, 0.15) is 5.60 Å². The second kappa shape index (κ2) is 4.78. The van der Waals surface area contributed by atoms with Crippen molar-refractivity contribution < 1.29 is 9.53 Å². The van der Waals surface area contributed by atoms with Crippen LogP contribution in [0.2, 0.25) is 0 Å². The standard InChI is InChI=1S/C13H19NO2S/c1-13(2,3)16-12(15)10-8-14-7-9(10)11-5-4-6-17-11/h4-6,9-10,14H,7-8H2,1-3H3. The van der Waals surface area contributed by atoms with E-state index in [1.54, 1.807) is 11.3 Å². The number of nitrogens with one attached hydrogen (secondary N) is 1. The first-order chi connectivity index (χ1) is 7.97. The molecule has 0 radical (unpaired) electrons. The molecule has 0 amide bonds. The zero-order valence-electron chi connectivity index (χ0n) is 10.5. The minimum atomic E-state index is -0.403. The first-order valence-electron chi connectivity index (χ1n) is 5.94. The summed E-state index contributed by atoms with van der Waals surface area (Å²) in [6, 6.07) is 4.13. The molecule has 2 heterocycles. The van der Waals surface area contributed by atoms with Crippen LogP contribution in [-0.4, -0.2) is 24.7 Å². The maximum atomic E-state index is 12.1. The van der Waals surface area contributed by atoms with Crippen LogP contribution in [0.4, 0.5) is 0 Å². The van der Waals surface area contributed by atoms with Crippen molar-refractivity contribution >= 4 is 17.3 Å². The molecule has 0 saturated carbocycles. The predicted molar refractivity (Wildman–Crippen MR) is 69.3 cm³/mol. The van der Waals surface area contributed by atoms with Crippen LogP contribution in [-0.2, 0) is 9.53 Å². The highest BCUT2D eigenvalue weighted by molar-refractivity contribution is 7.10. The molecule has 0 aliphatic carbocycles. The van der Waals surface area contributed by atoms with Crippen molar-refractivity contribution in [2.24, 2.45) is 5.92 Å². The molecule has 2 rings (SSSR count). The van der Waals surface area contributed by atoms with Crippen LogP contribution < -0.4 is 5.32 Å². The van der Waals surface area contributed by atoms with Gasteiger partial charge in [-0.2, -0.15) is 0 Å². The van der Waals surface area contributed by atoms with Gasteiger partial charge in [-0.1, -0.05) is 6.07 Å². The van der Waals surface area contributed by atoms with Crippen molar-refractivity contribution in [3.05, 3.63) is 22.4 Å². The molecule has 2 unspecified atom stereocenters. The monoisotopic (exact) mass is 253 g/mol. The Hall–Kier alpha value is -0.870. The molecule has 94 valence electrons. The van der Waals surface area contributed by atoms with Crippen molar-refractivity contribution in [3.8, 4) is 0 Å². The van der Waals surface area contributed by atoms with Crippen LogP contribution in [0.25, 0.3) is 0 Å². The fourth-order valence-electron chi connectivity index (χ4n) is 2.11. The van der Waals surface area contributed by atoms with Crippen LogP contribution in [0.5, 0.6) is 0 Å². The third-order valence-electron chi connectivity index (χ3n) is 2.83. The van der Waals surface area contributed by atoms with Gasteiger partial charge in [0.05, 0.1) is 5.92 Å². The highest BCUT2D eigenvalue weighted by Crippen LogP contribution is 2.32. The molecule has 0 bridgehead atoms. The Kier molecular flexibility index (Phi) is 3.54. The van der Waals surface area contributed by atoms with Gasteiger partial charge in [0.25, 0.3) is 0 Å². The number of carbonyl (C=O) groups is 1. The van der Waals surface area contributed by atoms with Crippen LogP contribution in [0.15, 0.2) is 17.5 Å². The summed E-state index contributed by atoms with van der Waals surface area (Å²) in [5.74, 6) is 0.138. The number of hydrogen-bond acceptors (Lipinski definition) is 4. The second-order valence-corrected chi connectivity index (χ2v) is 6.40. The van der Waals surface area contributed by atoms with Crippen LogP contribution in [0, 0.1) is 5.92 Å². The number of esters is 1. The quantitative estimate of drug-likeness (QED) is 0.822. The van der Waals surface area contributed by atoms with E-state index in [4.69, 9.17) is 4.74 Å². The number of rotatable bonds is 2. The molecule has 2 atom stereocenters. The van der Waals surface area contributed by atoms with E-state index in [1.807, 2.05) is 26.8 Å². The van der Waals surface area contributed by atoms with E-state index < -0.39 is 5.60 Å². The van der Waals surface area contributed by atoms with E-state index in [2.05, 4.69) is 16.8 Å². The van der Waals surface area contributed by atoms with Gasteiger partial charge in [0, 0.05) is 23.9 Å². The minimum absolute atomic E-state index is 0.0483. The SMILES string of the molecule is CC(C)(C)OC(=O)C1CNCC1c1cccs1. The van der Waals surface area contributed by atoms with E-state index in [-0.39, 0.29) is 17.8 Å². The summed E-state index contributed by atoms with van der Waals surface area (Å²) in [6.07, 6.45) is 0. The second-order valence-electron chi connectivity index (χ2n) is 5.42. The lowest BCUT2D eigenvalue weighted by molar-refractivity contribution is -0.159. The summed E-state index contributed by atoms with van der Waals surface area (Å²) >= 11 is 1.71. The third kappa shape index (κ3) is 3.07. The Labute approximate surface area is 106 Å². The summed E-state index contributed by atoms with van der Waals surface area (Å²) in [7, 11) is 0. The lowest BCUT2D eigenvalue weighted by Crippen LogP contribution is -2.31. The van der Waals surface area contributed by atoms with E-state index in [1.165, 1.54) is 4.88 Å². The lowest BCUT2D eigenvalue weighted by Gasteiger charge is -2.24. The van der Waals surface area contributed by atoms with Crippen molar-refractivity contribution in [2.75, 3.05) is 13.1 Å². The highest BCUT2D eigenvalue weighted by atomic mass is 32.1. The summed E-state index contributed by atoms with van der Waals surface area (Å²) in [6.45, 7) is 7.32. The highest BCUT2D eigenvalue weighted by Gasteiger charge is 2.37. The van der Waals surface area contributed by atoms with Gasteiger partial charge in [0.2, 0.25) is 0 Å². The molecule has 4 heteroatoms. The normalized spacial score (nSPS) is 24.9. The Morgan fingerprint density at radius 2 is 2.24 bits per heavy atom. The van der Waals surface area contributed by atoms with Gasteiger partial charge < -0.3 is 10.1 Å². The zero-order valence-corrected chi connectivity index (χ0v) is 11.3. The number of carbonyl (C=O) groups excluding carboxylic acids is 1. The van der Waals surface area contributed by atoms with E-state index >= 15 is 0 Å². The minimum Gasteiger partial charge on any atom is -0.460 e. The zero-order chi connectivity index (χ0) is 12.5. The Bertz CT molecular complexity index is 381. The topological polar surface area (TPSA) is 38.3 Å². The molecule has 0 spiro atoms. The lowest BCUT2D eigenvalue weighted by atomic mass is 9.94. The Morgan fingerprint density at radius 3 is 2.82 bits per heavy atom. The van der Waals surface area contributed by atoms with Crippen molar-refractivity contribution in [1.29, 1.82) is 0 Å². The Balaban J connectivity index is 2.07. The molecule has 1 N–H and O–H groups in total. The first kappa shape index (κ1) is 12.6. The van der Waals surface area contributed by atoms with Gasteiger partial charge in [-0.25, -0.2) is 0 Å². The summed E-state index contributed by atoms with van der Waals surface area (Å²) in [5, 5.41) is 5.34. The summed E-state index contributed by atoms with van der Waals surface area (Å²) in [5.41, 5.74) is -0.403. The molecule has 0 aromatic carbocycles. The number of ether oxygens (including phenoxy) is 1. The van der Waals surface area contributed by atoms with Gasteiger partial charge in [-0.3, -0.25) is 4.79 Å². The molecular formula is C13H19NO2S. The average Bonchev–Trinajstić information content (AvgIpc) is 2.85. The van der Waals surface area contributed by atoms with Crippen LogP contribution >= 0.6 is 11.3 Å². The van der Waals surface area contributed by atoms with E-state index in [9.17, 15) is 4.79 Å². The molecule has 1 fully saturated rings. The van der Waals surface area contributed by atoms with Crippen LogP contribution in [0.3, 0.4) is 0 Å². The maximum Gasteiger partial charge on any atom is 0.311 e. The average molecular weight is 253 g/mol. The number of thiophene rings is 1. The molecule has 17 heavy (non-hydrogen) atoms. The predicted octanol–water partition coefficient (Wildman–Crippen LogP) is 2.39. The van der Waals surface area contributed by atoms with E-state index in [0.29, 0.717) is 0 Å². The maximum absolute atomic E-state index is 12.1. The van der Waals surface area contributed by atoms with Gasteiger partial charge in [0.15, 0.2) is 0 Å². The van der Waals surface area contributed by atoms with Crippen LogP contribution in [0.1, 0.15) is 31.6 Å². The molecule has 1 aromatic rings. The molecule has 1 aromatic heterocycles. The van der Waals surface area contributed by atoms with Gasteiger partial charge in [-0.15, -0.1) is 11.3 Å². The fraction of sp³-hybridized carbons (Fsp3) is 0.615. The molecule has 1 aliphatic rings. The van der Waals surface area contributed by atoms with Crippen molar-refractivity contribution in [2.45, 2.75) is 32.3 Å². The first-order valence-corrected chi connectivity index (χ1v) is 6.82. The van der Waals surface area contributed by atoms with Gasteiger partial charge in [-0.05, 0) is 32.2 Å². The number of hydrogen-bond donors (Lipinski definition) is 1. The summed E-state index contributed by atoms with van der Waals surface area (Å²) < 4.78 is 5.48. The molecular weight excluding hydrogens is 234 g/mol. The summed E-state index contributed by atoms with van der Waals surface area (Å²) in [4.78, 5) is 13.4. The smallest absolute Gasteiger partial charge is 0.311 e. The van der Waals surface area contributed by atoms with Crippen molar-refractivity contribution in [3.63, 3.8) is 0 Å². The molecule has 1 aliphatic heterocycles. The van der Waals surface area contributed by atoms with Gasteiger partial charge >= 0.3 is 5.97 Å². The van der Waals surface area contributed by atoms with Crippen molar-refractivity contribution in [1.82, 2.24) is 5.32 Å². The van der Waals surface area contributed by atoms with E-state index in [0.717, 1.165) is 13.1 Å². The molecule has 1 saturated heterocycles.